The molecule has 0 aliphatic carbocycles. The molecule has 0 spiro atoms. The molecular formula is C55H112INO5Si. The molecule has 4 atom stereocenters. The zero-order valence-electron chi connectivity index (χ0n) is 44.6. The van der Waals surface area contributed by atoms with Crippen LogP contribution in [0.15, 0.2) is 0 Å². The van der Waals surface area contributed by atoms with Gasteiger partial charge in [0.1, 0.15) is 31.0 Å². The van der Waals surface area contributed by atoms with Gasteiger partial charge in [-0.15, -0.1) is 0 Å². The predicted molar refractivity (Wildman–Crippen MR) is 271 cm³/mol. The van der Waals surface area contributed by atoms with Crippen LogP contribution in [0.5, 0.6) is 0 Å². The van der Waals surface area contributed by atoms with Crippen LogP contribution in [0.2, 0.25) is 18.1 Å². The van der Waals surface area contributed by atoms with Gasteiger partial charge in [-0.25, -0.2) is 0 Å². The van der Waals surface area contributed by atoms with Crippen LogP contribution in [0.3, 0.4) is 0 Å². The first-order chi connectivity index (χ1) is 29.4. The van der Waals surface area contributed by atoms with E-state index in [0.717, 1.165) is 11.0 Å². The second-order valence-electron chi connectivity index (χ2n) is 23.2. The van der Waals surface area contributed by atoms with Gasteiger partial charge in [0.15, 0.2) is 19.9 Å². The lowest BCUT2D eigenvalue weighted by Gasteiger charge is -2.43. The molecule has 0 bridgehead atoms. The first-order valence-corrected chi connectivity index (χ1v) is 30.5. The average molecular weight is 1020 g/mol. The number of hydrogen-bond acceptors (Lipinski definition) is 5. The van der Waals surface area contributed by atoms with Crippen molar-refractivity contribution in [2.45, 2.75) is 322 Å². The average Bonchev–Trinajstić information content (AvgIpc) is 3.72. The summed E-state index contributed by atoms with van der Waals surface area (Å²) in [6, 6.07) is 0. The minimum absolute atomic E-state index is 0. The molecule has 0 saturated carbocycles. The molecule has 0 radical (unpaired) electrons. The third-order valence-electron chi connectivity index (χ3n) is 14.9. The molecule has 63 heavy (non-hydrogen) atoms. The van der Waals surface area contributed by atoms with E-state index in [4.69, 9.17) is 23.4 Å². The maximum absolute atomic E-state index is 7.31. The van der Waals surface area contributed by atoms with Crippen LogP contribution in [-0.2, 0) is 23.4 Å². The Morgan fingerprint density at radius 1 is 0.524 bits per heavy atom. The lowest BCUT2D eigenvalue weighted by molar-refractivity contribution is -0.913. The highest BCUT2D eigenvalue weighted by Crippen LogP contribution is 2.43. The van der Waals surface area contributed by atoms with Crippen molar-refractivity contribution in [2.75, 3.05) is 33.3 Å². The van der Waals surface area contributed by atoms with Gasteiger partial charge in [0.2, 0.25) is 0 Å². The van der Waals surface area contributed by atoms with E-state index in [1.165, 1.54) is 219 Å². The van der Waals surface area contributed by atoms with Gasteiger partial charge >= 0.3 is 0 Å². The molecule has 0 aromatic rings. The van der Waals surface area contributed by atoms with Crippen LogP contribution >= 0.6 is 0 Å². The molecule has 2 heterocycles. The Labute approximate surface area is 413 Å². The Morgan fingerprint density at radius 2 is 0.857 bits per heavy atom. The molecule has 2 saturated heterocycles. The summed E-state index contributed by atoms with van der Waals surface area (Å²) in [4.78, 5) is 0. The Balaban J connectivity index is 0.0000198. The van der Waals surface area contributed by atoms with E-state index in [0.29, 0.717) is 6.61 Å². The highest BCUT2D eigenvalue weighted by molar-refractivity contribution is 6.74. The molecule has 0 aromatic heterocycles. The minimum Gasteiger partial charge on any atom is -1.00 e. The van der Waals surface area contributed by atoms with Crippen molar-refractivity contribution >= 4 is 8.32 Å². The van der Waals surface area contributed by atoms with Crippen LogP contribution in [0.1, 0.15) is 268 Å². The van der Waals surface area contributed by atoms with E-state index in [1.807, 2.05) is 13.8 Å². The molecule has 0 amide bonds. The number of unbranched alkanes of at least 4 members (excludes halogenated alkanes) is 30. The SMILES string of the molecule is CCCCCCCCCCCCCCCCCC[N+](C)(CCCCCCCCCCCCCCCCCC)C[C@@H]1OC(C)(C)O[C@H]1[C@@H](O[Si](C)(C)C(C)(C)C)[C@H]1COC(C)(C)O1.[I-]. The van der Waals surface area contributed by atoms with Crippen molar-refractivity contribution in [3.63, 3.8) is 0 Å². The third-order valence-corrected chi connectivity index (χ3v) is 19.4. The lowest BCUT2D eigenvalue weighted by Crippen LogP contribution is -3.00. The van der Waals surface area contributed by atoms with Crippen molar-refractivity contribution in [1.29, 1.82) is 0 Å². The summed E-state index contributed by atoms with van der Waals surface area (Å²) in [5.41, 5.74) is 0. The summed E-state index contributed by atoms with van der Waals surface area (Å²) < 4.78 is 34.9. The molecular weight excluding hydrogens is 910 g/mol. The molecule has 6 nitrogen and oxygen atoms in total. The second kappa shape index (κ2) is 34.1. The van der Waals surface area contributed by atoms with Gasteiger partial charge in [-0.2, -0.15) is 0 Å². The maximum Gasteiger partial charge on any atom is 0.192 e. The fraction of sp³-hybridized carbons (Fsp3) is 1.00. The molecule has 0 aromatic carbocycles. The van der Waals surface area contributed by atoms with E-state index >= 15 is 0 Å². The normalized spacial score (nSPS) is 20.7. The molecule has 0 N–H and O–H groups in total. The van der Waals surface area contributed by atoms with Gasteiger partial charge in [0, 0.05) is 0 Å². The standard InChI is InChI=1S/C55H112NO5Si.HI/c1-13-15-17-19-21-23-25-27-29-31-33-35-37-39-41-43-45-56(10,46-44-42-40-38-36-34-32-30-28-26-24-22-20-18-16-14-2)47-49-51(60-55(8,9)58-49)52(50-48-57-54(6,7)59-50)61-62(11,12)53(3,4)5;/h49-52H,13-48H2,1-12H3;1H/q+1;/p-1/t49-,50+,51+,52-;/m0./s1. The molecule has 2 aliphatic rings. The number of quaternary nitrogens is 1. The van der Waals surface area contributed by atoms with Gasteiger partial charge < -0.3 is 51.8 Å². The Kier molecular flexibility index (Phi) is 33.4. The molecule has 2 aliphatic heterocycles. The number of nitrogens with zero attached hydrogens (tertiary/aromatic N) is 1. The van der Waals surface area contributed by atoms with Gasteiger partial charge in [-0.3, -0.25) is 0 Å². The fourth-order valence-electron chi connectivity index (χ4n) is 9.84. The monoisotopic (exact) mass is 1020 g/mol. The van der Waals surface area contributed by atoms with E-state index in [1.54, 1.807) is 0 Å². The third kappa shape index (κ3) is 28.1. The molecule has 8 heteroatoms. The topological polar surface area (TPSA) is 46.2 Å². The van der Waals surface area contributed by atoms with Crippen LogP contribution in [0.4, 0.5) is 0 Å². The number of hydrogen-bond donors (Lipinski definition) is 0. The van der Waals surface area contributed by atoms with E-state index < -0.39 is 19.9 Å². The van der Waals surface area contributed by atoms with Crippen molar-refractivity contribution in [3.05, 3.63) is 0 Å². The number of rotatable bonds is 40. The minimum atomic E-state index is -2.17. The first kappa shape index (κ1) is 61.7. The summed E-state index contributed by atoms with van der Waals surface area (Å²) in [6.45, 7) is 28.4. The van der Waals surface area contributed by atoms with E-state index in [9.17, 15) is 0 Å². The molecule has 0 unspecified atom stereocenters. The lowest BCUT2D eigenvalue weighted by atomic mass is 10.0. The second-order valence-corrected chi connectivity index (χ2v) is 28.0. The largest absolute Gasteiger partial charge is 1.00 e. The van der Waals surface area contributed by atoms with Crippen molar-refractivity contribution in [1.82, 2.24) is 0 Å². The quantitative estimate of drug-likeness (QED) is 0.0265. The first-order valence-electron chi connectivity index (χ1n) is 27.6. The molecule has 2 fully saturated rings. The predicted octanol–water partition coefficient (Wildman–Crippen LogP) is 14.0. The van der Waals surface area contributed by atoms with Crippen molar-refractivity contribution in [3.8, 4) is 0 Å². The zero-order valence-corrected chi connectivity index (χ0v) is 47.8. The van der Waals surface area contributed by atoms with E-state index in [-0.39, 0.29) is 53.4 Å². The number of likely N-dealkylation sites (N-methyl/N-ethyl adjacent to an activating group) is 1. The highest BCUT2D eigenvalue weighted by Gasteiger charge is 2.55. The van der Waals surface area contributed by atoms with Gasteiger partial charge in [0.05, 0.1) is 26.7 Å². The van der Waals surface area contributed by atoms with Crippen LogP contribution in [-0.4, -0.2) is 82.1 Å². The van der Waals surface area contributed by atoms with Gasteiger partial charge in [-0.1, -0.05) is 214 Å². The summed E-state index contributed by atoms with van der Waals surface area (Å²) in [7, 11) is 0.346. The highest BCUT2D eigenvalue weighted by atomic mass is 127. The Bertz CT molecular complexity index is 1050. The summed E-state index contributed by atoms with van der Waals surface area (Å²) in [5.74, 6) is -1.30. The van der Waals surface area contributed by atoms with Crippen molar-refractivity contribution < 1.29 is 51.8 Å². The van der Waals surface area contributed by atoms with Crippen LogP contribution < -0.4 is 24.0 Å². The maximum atomic E-state index is 7.31. The fourth-order valence-corrected chi connectivity index (χ4v) is 11.2. The Hall–Kier alpha value is 0.707. The van der Waals surface area contributed by atoms with Crippen LogP contribution in [0.25, 0.3) is 0 Å². The summed E-state index contributed by atoms with van der Waals surface area (Å²) in [6.07, 6.45) is 44.3. The molecule has 378 valence electrons. The van der Waals surface area contributed by atoms with E-state index in [2.05, 4.69) is 68.6 Å². The van der Waals surface area contributed by atoms with Gasteiger partial charge in [0.25, 0.3) is 0 Å². The number of ether oxygens (including phenoxy) is 4. The van der Waals surface area contributed by atoms with Crippen molar-refractivity contribution in [2.24, 2.45) is 0 Å². The van der Waals surface area contributed by atoms with Crippen LogP contribution in [0, 0.1) is 0 Å². The number of halogens is 1. The summed E-state index contributed by atoms with van der Waals surface area (Å²) >= 11 is 0. The smallest absolute Gasteiger partial charge is 0.192 e. The zero-order chi connectivity index (χ0) is 45.8. The van der Waals surface area contributed by atoms with Gasteiger partial charge in [-0.05, 0) is 71.5 Å². The molecule has 2 rings (SSSR count). The Morgan fingerprint density at radius 3 is 1.16 bits per heavy atom. The summed E-state index contributed by atoms with van der Waals surface area (Å²) in [5, 5.41) is 0.0652.